The summed E-state index contributed by atoms with van der Waals surface area (Å²) in [6.45, 7) is 0. The first-order valence-corrected chi connectivity index (χ1v) is 7.43. The number of hydrogen-bond acceptors (Lipinski definition) is 6. The van der Waals surface area contributed by atoms with E-state index in [2.05, 4.69) is 9.97 Å². The smallest absolute Gasteiger partial charge is 0.280 e. The van der Waals surface area contributed by atoms with Gasteiger partial charge in [0.25, 0.3) is 5.69 Å². The fourth-order valence-corrected chi connectivity index (χ4v) is 2.47. The van der Waals surface area contributed by atoms with Crippen molar-refractivity contribution in [1.82, 2.24) is 9.97 Å². The molecule has 0 amide bonds. The minimum Gasteiger partial charge on any atom is -0.493 e. The van der Waals surface area contributed by atoms with E-state index in [1.165, 1.54) is 6.07 Å². The number of para-hydroxylation sites is 1. The second kappa shape index (κ2) is 6.96. The third-order valence-electron chi connectivity index (χ3n) is 3.68. The van der Waals surface area contributed by atoms with E-state index in [-0.39, 0.29) is 5.69 Å². The zero-order valence-corrected chi connectivity index (χ0v) is 13.7. The van der Waals surface area contributed by atoms with E-state index < -0.39 is 4.92 Å². The van der Waals surface area contributed by atoms with Crippen molar-refractivity contribution < 1.29 is 14.4 Å². The Labute approximate surface area is 144 Å². The average Bonchev–Trinajstić information content (AvgIpc) is 2.67. The first-order valence-electron chi connectivity index (χ1n) is 7.43. The van der Waals surface area contributed by atoms with Crippen molar-refractivity contribution in [1.29, 1.82) is 0 Å². The van der Waals surface area contributed by atoms with Gasteiger partial charge in [0.1, 0.15) is 0 Å². The highest BCUT2D eigenvalue weighted by atomic mass is 16.6. The van der Waals surface area contributed by atoms with Crippen LogP contribution < -0.4 is 9.47 Å². The second-order valence-electron chi connectivity index (χ2n) is 5.11. The van der Waals surface area contributed by atoms with Crippen LogP contribution in [0.25, 0.3) is 22.6 Å². The maximum Gasteiger partial charge on any atom is 0.280 e. The van der Waals surface area contributed by atoms with E-state index in [9.17, 15) is 10.1 Å². The zero-order chi connectivity index (χ0) is 17.8. The minimum atomic E-state index is -0.443. The summed E-state index contributed by atoms with van der Waals surface area (Å²) in [5, 5.41) is 11.2. The second-order valence-corrected chi connectivity index (χ2v) is 5.11. The molecule has 7 nitrogen and oxygen atoms in total. The molecule has 0 unspecified atom stereocenters. The van der Waals surface area contributed by atoms with Crippen molar-refractivity contribution in [3.8, 4) is 34.1 Å². The van der Waals surface area contributed by atoms with Crippen molar-refractivity contribution in [2.45, 2.75) is 0 Å². The number of nitro benzene ring substituents is 1. The van der Waals surface area contributed by atoms with E-state index in [1.54, 1.807) is 56.8 Å². The van der Waals surface area contributed by atoms with Crippen LogP contribution in [0.1, 0.15) is 0 Å². The maximum atomic E-state index is 11.2. The Morgan fingerprint density at radius 1 is 1.00 bits per heavy atom. The van der Waals surface area contributed by atoms with Gasteiger partial charge in [-0.25, -0.2) is 9.97 Å². The molecule has 1 heterocycles. The Hall–Kier alpha value is -3.48. The van der Waals surface area contributed by atoms with Crippen molar-refractivity contribution in [3.05, 3.63) is 64.8 Å². The molecule has 25 heavy (non-hydrogen) atoms. The first kappa shape index (κ1) is 16.4. The lowest BCUT2D eigenvalue weighted by Crippen LogP contribution is -1.97. The van der Waals surface area contributed by atoms with E-state index >= 15 is 0 Å². The standard InChI is InChI=1S/C18H15N3O4/c1-24-16-8-7-12(11-17(16)25-2)14-9-10-19-18(20-14)13-5-3-4-6-15(13)21(22)23/h3-11H,1-2H3. The summed E-state index contributed by atoms with van der Waals surface area (Å²) in [7, 11) is 3.12. The summed E-state index contributed by atoms with van der Waals surface area (Å²) in [6, 6.07) is 13.5. The van der Waals surface area contributed by atoms with Crippen molar-refractivity contribution in [3.63, 3.8) is 0 Å². The van der Waals surface area contributed by atoms with E-state index in [0.717, 1.165) is 5.56 Å². The molecule has 126 valence electrons. The molecule has 0 fully saturated rings. The lowest BCUT2D eigenvalue weighted by atomic mass is 10.1. The van der Waals surface area contributed by atoms with Crippen molar-refractivity contribution in [2.24, 2.45) is 0 Å². The van der Waals surface area contributed by atoms with Crippen LogP contribution in [0.3, 0.4) is 0 Å². The molecule has 1 aromatic heterocycles. The molecule has 2 aromatic carbocycles. The van der Waals surface area contributed by atoms with Crippen LogP contribution in [-0.4, -0.2) is 29.1 Å². The largest absolute Gasteiger partial charge is 0.493 e. The molecule has 0 N–H and O–H groups in total. The maximum absolute atomic E-state index is 11.2. The number of ether oxygens (including phenoxy) is 2. The van der Waals surface area contributed by atoms with E-state index in [4.69, 9.17) is 9.47 Å². The zero-order valence-electron chi connectivity index (χ0n) is 13.7. The highest BCUT2D eigenvalue weighted by molar-refractivity contribution is 5.71. The average molecular weight is 337 g/mol. The molecule has 0 bridgehead atoms. The Morgan fingerprint density at radius 2 is 1.76 bits per heavy atom. The number of nitrogens with zero attached hydrogens (tertiary/aromatic N) is 3. The van der Waals surface area contributed by atoms with Gasteiger partial charge in [-0.1, -0.05) is 12.1 Å². The van der Waals surface area contributed by atoms with Gasteiger partial charge in [0, 0.05) is 17.8 Å². The minimum absolute atomic E-state index is 0.0352. The molecule has 0 radical (unpaired) electrons. The monoisotopic (exact) mass is 337 g/mol. The van der Waals surface area contributed by atoms with Crippen LogP contribution in [0, 0.1) is 10.1 Å². The van der Waals surface area contributed by atoms with E-state index in [1.807, 2.05) is 6.07 Å². The molecular formula is C18H15N3O4. The molecule has 0 spiro atoms. The molecule has 3 aromatic rings. The van der Waals surface area contributed by atoms with Gasteiger partial charge in [-0.3, -0.25) is 10.1 Å². The normalized spacial score (nSPS) is 10.3. The number of methoxy groups -OCH3 is 2. The predicted molar refractivity (Wildman–Crippen MR) is 92.7 cm³/mol. The third-order valence-corrected chi connectivity index (χ3v) is 3.68. The molecule has 0 aliphatic carbocycles. The Kier molecular flexibility index (Phi) is 4.56. The third kappa shape index (κ3) is 3.25. The first-order chi connectivity index (χ1) is 12.1. The lowest BCUT2D eigenvalue weighted by molar-refractivity contribution is -0.384. The van der Waals surface area contributed by atoms with Gasteiger partial charge in [0.2, 0.25) is 0 Å². The van der Waals surface area contributed by atoms with Gasteiger partial charge in [-0.2, -0.15) is 0 Å². The Balaban J connectivity index is 2.08. The van der Waals surface area contributed by atoms with Crippen LogP contribution in [0.2, 0.25) is 0 Å². The summed E-state index contributed by atoms with van der Waals surface area (Å²) >= 11 is 0. The number of benzene rings is 2. The number of rotatable bonds is 5. The van der Waals surface area contributed by atoms with Gasteiger partial charge in [0.15, 0.2) is 17.3 Å². The number of hydrogen-bond donors (Lipinski definition) is 0. The molecule has 7 heteroatoms. The van der Waals surface area contributed by atoms with Crippen LogP contribution in [-0.2, 0) is 0 Å². The van der Waals surface area contributed by atoms with E-state index in [0.29, 0.717) is 28.6 Å². The predicted octanol–water partition coefficient (Wildman–Crippen LogP) is 3.74. The Morgan fingerprint density at radius 3 is 2.48 bits per heavy atom. The summed E-state index contributed by atoms with van der Waals surface area (Å²) in [4.78, 5) is 19.4. The number of nitro groups is 1. The van der Waals surface area contributed by atoms with Crippen molar-refractivity contribution >= 4 is 5.69 Å². The highest BCUT2D eigenvalue weighted by Gasteiger charge is 2.17. The summed E-state index contributed by atoms with van der Waals surface area (Å²) in [5.74, 6) is 1.48. The summed E-state index contributed by atoms with van der Waals surface area (Å²) < 4.78 is 10.5. The molecule has 0 saturated carbocycles. The molecule has 0 saturated heterocycles. The fraction of sp³-hybridized carbons (Fsp3) is 0.111. The molecule has 3 rings (SSSR count). The van der Waals surface area contributed by atoms with Gasteiger partial charge in [0.05, 0.1) is 30.4 Å². The quantitative estimate of drug-likeness (QED) is 0.521. The van der Waals surface area contributed by atoms with Gasteiger partial charge < -0.3 is 9.47 Å². The highest BCUT2D eigenvalue weighted by Crippen LogP contribution is 2.33. The van der Waals surface area contributed by atoms with Crippen LogP contribution >= 0.6 is 0 Å². The lowest BCUT2D eigenvalue weighted by Gasteiger charge is -2.10. The Bertz CT molecular complexity index is 928. The summed E-state index contributed by atoms with van der Waals surface area (Å²) in [5.41, 5.74) is 1.76. The topological polar surface area (TPSA) is 87.4 Å². The molecule has 0 atom stereocenters. The van der Waals surface area contributed by atoms with Gasteiger partial charge in [-0.15, -0.1) is 0 Å². The van der Waals surface area contributed by atoms with Crippen molar-refractivity contribution in [2.75, 3.05) is 14.2 Å². The summed E-state index contributed by atoms with van der Waals surface area (Å²) in [6.07, 6.45) is 1.57. The van der Waals surface area contributed by atoms with Gasteiger partial charge >= 0.3 is 0 Å². The van der Waals surface area contributed by atoms with Crippen LogP contribution in [0.4, 0.5) is 5.69 Å². The number of aromatic nitrogens is 2. The molecular weight excluding hydrogens is 322 g/mol. The SMILES string of the molecule is COc1ccc(-c2ccnc(-c3ccccc3[N+](=O)[O-])n2)cc1OC. The fourth-order valence-electron chi connectivity index (χ4n) is 2.47. The van der Waals surface area contributed by atoms with Crippen LogP contribution in [0.5, 0.6) is 11.5 Å². The van der Waals surface area contributed by atoms with Gasteiger partial charge in [-0.05, 0) is 30.3 Å². The molecule has 0 aliphatic heterocycles. The van der Waals surface area contributed by atoms with Crippen LogP contribution in [0.15, 0.2) is 54.7 Å². The molecule has 0 aliphatic rings.